The van der Waals surface area contributed by atoms with E-state index in [4.69, 9.17) is 5.11 Å². The highest BCUT2D eigenvalue weighted by atomic mass is 32.2. The monoisotopic (exact) mass is 299 g/mol. The number of aliphatic carboxylic acids is 1. The van der Waals surface area contributed by atoms with E-state index in [0.717, 1.165) is 24.3 Å². The molecule has 3 N–H and O–H groups in total. The molecule has 0 radical (unpaired) electrons. The summed E-state index contributed by atoms with van der Waals surface area (Å²) in [6, 6.07) is 0. The summed E-state index contributed by atoms with van der Waals surface area (Å²) in [5.74, 6) is -0.190. The molecule has 0 aromatic carbocycles. The molecule has 0 saturated heterocycles. The number of carbonyl (C=O) groups excluding carboxylic acids is 1. The number of hydrogen-bond donors (Lipinski definition) is 3. The Bertz CT molecular complexity index is 399. The zero-order valence-electron chi connectivity index (χ0n) is 11.3. The molecule has 112 valence electrons. The van der Waals surface area contributed by atoms with E-state index in [0.29, 0.717) is 6.54 Å². The molecule has 6 heteroatoms. The van der Waals surface area contributed by atoms with Gasteiger partial charge in [-0.25, -0.2) is 0 Å². The Labute approximate surface area is 122 Å². The molecule has 2 aliphatic carbocycles. The van der Waals surface area contributed by atoms with Crippen LogP contribution in [0.5, 0.6) is 0 Å². The number of allylic oxidation sites excluding steroid dienone is 2. The van der Waals surface area contributed by atoms with Gasteiger partial charge in [0.15, 0.2) is 0 Å². The fourth-order valence-electron chi connectivity index (χ4n) is 3.15. The van der Waals surface area contributed by atoms with Crippen molar-refractivity contribution >= 4 is 23.6 Å². The minimum absolute atomic E-state index is 0.0205. The number of rotatable bonds is 8. The van der Waals surface area contributed by atoms with Crippen molar-refractivity contribution in [1.82, 2.24) is 5.32 Å². The van der Waals surface area contributed by atoms with Gasteiger partial charge in [0.05, 0.1) is 11.8 Å². The summed E-state index contributed by atoms with van der Waals surface area (Å²) in [5.41, 5.74) is 0. The second kappa shape index (κ2) is 7.13. The summed E-state index contributed by atoms with van der Waals surface area (Å²) in [5, 5.41) is 20.8. The number of fused-ring (bicyclic) bond motifs is 2. The topological polar surface area (TPSA) is 86.6 Å². The molecule has 0 aromatic heterocycles. The minimum atomic E-state index is -0.862. The summed E-state index contributed by atoms with van der Waals surface area (Å²) in [6.07, 6.45) is 5.49. The Hall–Kier alpha value is -1.01. The first-order chi connectivity index (χ1) is 9.65. The highest BCUT2D eigenvalue weighted by molar-refractivity contribution is 7.99. The molecule has 0 spiro atoms. The van der Waals surface area contributed by atoms with E-state index in [9.17, 15) is 14.7 Å². The molecule has 5 nitrogen and oxygen atoms in total. The molecule has 2 aliphatic rings. The molecule has 2 bridgehead atoms. The molecular weight excluding hydrogens is 278 g/mol. The number of hydrogen-bond acceptors (Lipinski definition) is 4. The van der Waals surface area contributed by atoms with Gasteiger partial charge in [-0.2, -0.15) is 11.8 Å². The molecule has 20 heavy (non-hydrogen) atoms. The van der Waals surface area contributed by atoms with Crippen LogP contribution in [0.3, 0.4) is 0 Å². The average Bonchev–Trinajstić information content (AvgIpc) is 3.02. The van der Waals surface area contributed by atoms with Gasteiger partial charge in [0.25, 0.3) is 0 Å². The molecule has 4 unspecified atom stereocenters. The number of amides is 1. The van der Waals surface area contributed by atoms with E-state index in [1.165, 1.54) is 0 Å². The van der Waals surface area contributed by atoms with Crippen molar-refractivity contribution in [2.45, 2.75) is 12.8 Å². The molecule has 1 fully saturated rings. The number of carboxylic acids is 1. The quantitative estimate of drug-likeness (QED) is 0.454. The zero-order chi connectivity index (χ0) is 14.5. The number of aliphatic hydroxyl groups is 1. The predicted molar refractivity (Wildman–Crippen MR) is 77.4 cm³/mol. The van der Waals surface area contributed by atoms with Crippen LogP contribution in [0.4, 0.5) is 0 Å². The first kappa shape index (κ1) is 15.4. The van der Waals surface area contributed by atoms with Crippen molar-refractivity contribution in [3.8, 4) is 0 Å². The zero-order valence-corrected chi connectivity index (χ0v) is 12.1. The Kier molecular flexibility index (Phi) is 5.48. The summed E-state index contributed by atoms with van der Waals surface area (Å²) in [6.45, 7) is 0.746. The van der Waals surface area contributed by atoms with Crippen molar-refractivity contribution in [2.24, 2.45) is 23.7 Å². The summed E-state index contributed by atoms with van der Waals surface area (Å²) >= 11 is 1.68. The maximum absolute atomic E-state index is 12.2. The first-order valence-electron chi connectivity index (χ1n) is 7.02. The van der Waals surface area contributed by atoms with E-state index < -0.39 is 17.8 Å². The van der Waals surface area contributed by atoms with Gasteiger partial charge < -0.3 is 15.5 Å². The fourth-order valence-corrected chi connectivity index (χ4v) is 3.93. The van der Waals surface area contributed by atoms with Gasteiger partial charge in [0, 0.05) is 18.9 Å². The maximum atomic E-state index is 12.2. The van der Waals surface area contributed by atoms with Crippen molar-refractivity contribution in [3.63, 3.8) is 0 Å². The Morgan fingerprint density at radius 1 is 1.20 bits per heavy atom. The maximum Gasteiger partial charge on any atom is 0.307 e. The number of aliphatic hydroxyl groups excluding tert-OH is 1. The van der Waals surface area contributed by atoms with Crippen LogP contribution in [-0.2, 0) is 9.59 Å². The molecule has 0 aromatic rings. The minimum Gasteiger partial charge on any atom is -0.481 e. The second-order valence-corrected chi connectivity index (χ2v) is 6.54. The number of thioether (sulfide) groups is 1. The molecule has 1 amide bonds. The third-order valence-corrected chi connectivity index (χ3v) is 5.11. The van der Waals surface area contributed by atoms with E-state index in [1.54, 1.807) is 11.8 Å². The number of nitrogens with one attached hydrogen (secondary N) is 1. The lowest BCUT2D eigenvalue weighted by Crippen LogP contribution is -2.40. The predicted octanol–water partition coefficient (Wildman–Crippen LogP) is 0.741. The molecule has 4 atom stereocenters. The van der Waals surface area contributed by atoms with Gasteiger partial charge in [-0.3, -0.25) is 9.59 Å². The van der Waals surface area contributed by atoms with Gasteiger partial charge >= 0.3 is 5.97 Å². The van der Waals surface area contributed by atoms with Crippen LogP contribution >= 0.6 is 11.8 Å². The Morgan fingerprint density at radius 3 is 2.55 bits per heavy atom. The van der Waals surface area contributed by atoms with E-state index in [2.05, 4.69) is 5.32 Å². The van der Waals surface area contributed by atoms with Crippen LogP contribution in [0.1, 0.15) is 12.8 Å². The highest BCUT2D eigenvalue weighted by Crippen LogP contribution is 2.48. The van der Waals surface area contributed by atoms with Crippen molar-refractivity contribution in [3.05, 3.63) is 12.2 Å². The molecular formula is C14H21NO4S. The summed E-state index contributed by atoms with van der Waals surface area (Å²) < 4.78 is 0. The van der Waals surface area contributed by atoms with Gasteiger partial charge in [0.2, 0.25) is 5.91 Å². The van der Waals surface area contributed by atoms with Gasteiger partial charge in [-0.1, -0.05) is 12.2 Å². The number of carbonyl (C=O) groups is 2. The lowest BCUT2D eigenvalue weighted by molar-refractivity contribution is -0.147. The molecule has 0 heterocycles. The smallest absolute Gasteiger partial charge is 0.307 e. The van der Waals surface area contributed by atoms with Crippen LogP contribution in [-0.4, -0.2) is 46.7 Å². The standard InChI is InChI=1S/C14H21NO4S/c16-5-1-6-20-7-4-15-13(17)11-9-2-3-10(8-9)12(11)14(18)19/h2-3,9-12,16H,1,4-8H2,(H,15,17)(H,18,19). The summed E-state index contributed by atoms with van der Waals surface area (Å²) in [7, 11) is 0. The average molecular weight is 299 g/mol. The fraction of sp³-hybridized carbons (Fsp3) is 0.714. The summed E-state index contributed by atoms with van der Waals surface area (Å²) in [4.78, 5) is 23.5. The SMILES string of the molecule is O=C(O)C1C2C=CC(C2)C1C(=O)NCCSCCCO. The molecule has 0 aliphatic heterocycles. The van der Waals surface area contributed by atoms with Crippen LogP contribution in [0.25, 0.3) is 0 Å². The Morgan fingerprint density at radius 2 is 1.90 bits per heavy atom. The first-order valence-corrected chi connectivity index (χ1v) is 8.18. The van der Waals surface area contributed by atoms with Gasteiger partial charge in [-0.15, -0.1) is 0 Å². The normalized spacial score (nSPS) is 30.6. The molecule has 2 rings (SSSR count). The van der Waals surface area contributed by atoms with Crippen LogP contribution < -0.4 is 5.32 Å². The van der Waals surface area contributed by atoms with Crippen molar-refractivity contribution < 1.29 is 19.8 Å². The Balaban J connectivity index is 1.77. The van der Waals surface area contributed by atoms with E-state index in [1.807, 2.05) is 12.2 Å². The number of carboxylic acid groups (broad SMARTS) is 1. The van der Waals surface area contributed by atoms with E-state index in [-0.39, 0.29) is 24.3 Å². The van der Waals surface area contributed by atoms with Crippen LogP contribution in [0.15, 0.2) is 12.2 Å². The highest BCUT2D eigenvalue weighted by Gasteiger charge is 2.51. The largest absolute Gasteiger partial charge is 0.481 e. The third-order valence-electron chi connectivity index (χ3n) is 4.04. The van der Waals surface area contributed by atoms with Crippen molar-refractivity contribution in [1.29, 1.82) is 0 Å². The van der Waals surface area contributed by atoms with Crippen LogP contribution in [0, 0.1) is 23.7 Å². The van der Waals surface area contributed by atoms with E-state index >= 15 is 0 Å². The van der Waals surface area contributed by atoms with Crippen molar-refractivity contribution in [2.75, 3.05) is 24.7 Å². The lowest BCUT2D eigenvalue weighted by atomic mass is 9.82. The third kappa shape index (κ3) is 3.35. The van der Waals surface area contributed by atoms with Crippen LogP contribution in [0.2, 0.25) is 0 Å². The molecule has 1 saturated carbocycles. The van der Waals surface area contributed by atoms with Gasteiger partial charge in [-0.05, 0) is 30.4 Å². The lowest BCUT2D eigenvalue weighted by Gasteiger charge is -2.23. The second-order valence-electron chi connectivity index (χ2n) is 5.32. The van der Waals surface area contributed by atoms with Gasteiger partial charge in [0.1, 0.15) is 0 Å².